The second kappa shape index (κ2) is 12.8. The monoisotopic (exact) mass is 326 g/mol. The van der Waals surface area contributed by atoms with Crippen LogP contribution in [0, 0.1) is 0 Å². The van der Waals surface area contributed by atoms with Crippen molar-refractivity contribution in [3.8, 4) is 0 Å². The van der Waals surface area contributed by atoms with Crippen LogP contribution in [0.2, 0.25) is 0 Å². The van der Waals surface area contributed by atoms with Gasteiger partial charge in [-0.25, -0.2) is 0 Å². The Labute approximate surface area is 141 Å². The molecule has 2 N–H and O–H groups in total. The number of amides is 2. The van der Waals surface area contributed by atoms with Crippen LogP contribution in [-0.4, -0.2) is 62.1 Å². The Morgan fingerprint density at radius 2 is 1.39 bits per heavy atom. The fraction of sp³-hybridized carbons (Fsp3) is 0.647. The van der Waals surface area contributed by atoms with E-state index in [1.807, 2.05) is 51.8 Å². The number of hydrogen-bond donors (Lipinski definition) is 2. The molecule has 6 heteroatoms. The zero-order chi connectivity index (χ0) is 18.6. The van der Waals surface area contributed by atoms with Crippen molar-refractivity contribution in [2.75, 3.05) is 28.2 Å². The second-order valence-corrected chi connectivity index (χ2v) is 5.74. The zero-order valence-electron chi connectivity index (χ0n) is 15.8. The molecule has 23 heavy (non-hydrogen) atoms. The summed E-state index contributed by atoms with van der Waals surface area (Å²) in [7, 11) is 7.73. The first-order chi connectivity index (χ1) is 10.6. The molecule has 0 saturated heterocycles. The van der Waals surface area contributed by atoms with Crippen molar-refractivity contribution in [3.05, 3.63) is 24.8 Å². The van der Waals surface area contributed by atoms with Crippen LogP contribution in [0.15, 0.2) is 24.8 Å². The average Bonchev–Trinajstić information content (AvgIpc) is 2.49. The molecule has 0 rings (SSSR count). The van der Waals surface area contributed by atoms with Crippen molar-refractivity contribution < 1.29 is 9.59 Å². The normalized spacial score (nSPS) is 12.7. The van der Waals surface area contributed by atoms with E-state index in [0.717, 1.165) is 12.8 Å². The summed E-state index contributed by atoms with van der Waals surface area (Å²) in [5, 5.41) is 5.64. The highest BCUT2D eigenvalue weighted by Gasteiger charge is 2.11. The molecule has 0 spiro atoms. The first-order valence-electron chi connectivity index (χ1n) is 7.82. The van der Waals surface area contributed by atoms with E-state index in [-0.39, 0.29) is 24.1 Å². The van der Waals surface area contributed by atoms with Crippen LogP contribution in [-0.2, 0) is 9.59 Å². The lowest BCUT2D eigenvalue weighted by Gasteiger charge is -2.23. The summed E-state index contributed by atoms with van der Waals surface area (Å²) in [5.74, 6) is -0.193. The molecule has 0 aromatic carbocycles. The molecular formula is C17H34N4O2. The quantitative estimate of drug-likeness (QED) is 0.525. The van der Waals surface area contributed by atoms with E-state index >= 15 is 0 Å². The van der Waals surface area contributed by atoms with Gasteiger partial charge in [0, 0.05) is 5.57 Å². The third-order valence-electron chi connectivity index (χ3n) is 3.20. The molecular weight excluding hydrogens is 292 g/mol. The van der Waals surface area contributed by atoms with Gasteiger partial charge >= 0.3 is 0 Å². The fourth-order valence-corrected chi connectivity index (χ4v) is 1.69. The third-order valence-corrected chi connectivity index (χ3v) is 3.20. The van der Waals surface area contributed by atoms with Crippen LogP contribution in [0.4, 0.5) is 0 Å². The van der Waals surface area contributed by atoms with Crippen molar-refractivity contribution in [2.45, 2.75) is 45.9 Å². The van der Waals surface area contributed by atoms with Crippen LogP contribution < -0.4 is 10.6 Å². The lowest BCUT2D eigenvalue weighted by Crippen LogP contribution is -2.44. The van der Waals surface area contributed by atoms with Gasteiger partial charge in [0.15, 0.2) is 0 Å². The van der Waals surface area contributed by atoms with Gasteiger partial charge in [-0.3, -0.25) is 19.4 Å². The van der Waals surface area contributed by atoms with Gasteiger partial charge in [0.2, 0.25) is 11.8 Å². The second-order valence-electron chi connectivity index (χ2n) is 5.74. The molecule has 0 bridgehead atoms. The highest BCUT2D eigenvalue weighted by molar-refractivity contribution is 5.92. The zero-order valence-corrected chi connectivity index (χ0v) is 15.8. The lowest BCUT2D eigenvalue weighted by molar-refractivity contribution is -0.119. The minimum Gasteiger partial charge on any atom is -0.337 e. The van der Waals surface area contributed by atoms with Crippen LogP contribution in [0.5, 0.6) is 0 Å². The summed E-state index contributed by atoms with van der Waals surface area (Å²) in [5.41, 5.74) is 0.551. The number of rotatable bonds is 8. The van der Waals surface area contributed by atoms with Crippen LogP contribution >= 0.6 is 0 Å². The predicted molar refractivity (Wildman–Crippen MR) is 96.8 cm³/mol. The maximum absolute atomic E-state index is 11.2. The Morgan fingerprint density at radius 3 is 1.65 bits per heavy atom. The van der Waals surface area contributed by atoms with Gasteiger partial charge < -0.3 is 10.6 Å². The first kappa shape index (κ1) is 23.6. The highest BCUT2D eigenvalue weighted by atomic mass is 16.2. The SMILES string of the molecule is C=C(C)C(=O)NC(CC)N(C)C.C=CC(=O)NC(CC)N(C)C. The smallest absolute Gasteiger partial charge is 0.247 e. The predicted octanol–water partition coefficient (Wildman–Crippen LogP) is 1.56. The van der Waals surface area contributed by atoms with Crippen LogP contribution in [0.1, 0.15) is 33.6 Å². The van der Waals surface area contributed by atoms with Gasteiger partial charge in [-0.05, 0) is 54.0 Å². The molecule has 2 unspecified atom stereocenters. The van der Waals surface area contributed by atoms with E-state index in [9.17, 15) is 9.59 Å². The fourth-order valence-electron chi connectivity index (χ4n) is 1.69. The molecule has 0 fully saturated rings. The molecule has 134 valence electrons. The van der Waals surface area contributed by atoms with E-state index in [4.69, 9.17) is 0 Å². The molecule has 2 amide bonds. The summed E-state index contributed by atoms with van der Waals surface area (Å²) < 4.78 is 0. The molecule has 0 heterocycles. The van der Waals surface area contributed by atoms with Gasteiger partial charge in [-0.15, -0.1) is 0 Å². The molecule has 0 aliphatic heterocycles. The standard InChI is InChI=1S/C9H18N2O.C8H16N2O/c1-6-8(11(4)5)10-9(12)7(2)3;1-5-7(10(3)4)9-8(11)6-2/h8H,2,6H2,1,3-5H3,(H,10,12);6-7H,2,5H2,1,3-4H3,(H,9,11). The molecule has 0 aliphatic rings. The molecule has 2 atom stereocenters. The lowest BCUT2D eigenvalue weighted by atomic mass is 10.3. The topological polar surface area (TPSA) is 64.7 Å². The highest BCUT2D eigenvalue weighted by Crippen LogP contribution is 1.96. The Bertz CT molecular complexity index is 392. The Kier molecular flexibility index (Phi) is 13.2. The van der Waals surface area contributed by atoms with Crippen LogP contribution in [0.25, 0.3) is 0 Å². The minimum absolute atomic E-state index is 0.0736. The van der Waals surface area contributed by atoms with Gasteiger partial charge in [-0.1, -0.05) is 27.0 Å². The molecule has 0 aromatic rings. The van der Waals surface area contributed by atoms with Crippen molar-refractivity contribution in [1.29, 1.82) is 0 Å². The van der Waals surface area contributed by atoms with Gasteiger partial charge in [0.05, 0.1) is 12.3 Å². The average molecular weight is 326 g/mol. The van der Waals surface area contributed by atoms with Crippen molar-refractivity contribution >= 4 is 11.8 Å². The molecule has 6 nitrogen and oxygen atoms in total. The molecule has 0 aliphatic carbocycles. The Balaban J connectivity index is 0. The number of carbonyl (C=O) groups excluding carboxylic acids is 2. The summed E-state index contributed by atoms with van der Waals surface area (Å²) in [6.45, 7) is 12.7. The maximum Gasteiger partial charge on any atom is 0.247 e. The summed E-state index contributed by atoms with van der Waals surface area (Å²) in [4.78, 5) is 25.9. The number of nitrogens with one attached hydrogen (secondary N) is 2. The number of nitrogens with zero attached hydrogens (tertiary/aromatic N) is 2. The van der Waals surface area contributed by atoms with E-state index in [1.165, 1.54) is 6.08 Å². The summed E-state index contributed by atoms with van der Waals surface area (Å²) in [6, 6.07) is 0. The Hall–Kier alpha value is -1.66. The number of hydrogen-bond acceptors (Lipinski definition) is 4. The van der Waals surface area contributed by atoms with E-state index in [0.29, 0.717) is 5.57 Å². The number of carbonyl (C=O) groups is 2. The van der Waals surface area contributed by atoms with Crippen LogP contribution in [0.3, 0.4) is 0 Å². The third kappa shape index (κ3) is 11.5. The van der Waals surface area contributed by atoms with Crippen molar-refractivity contribution in [2.24, 2.45) is 0 Å². The minimum atomic E-state index is -0.120. The van der Waals surface area contributed by atoms with E-state index < -0.39 is 0 Å². The molecule has 0 saturated carbocycles. The largest absolute Gasteiger partial charge is 0.337 e. The molecule has 0 aromatic heterocycles. The Morgan fingerprint density at radius 1 is 1.00 bits per heavy atom. The van der Waals surface area contributed by atoms with Crippen molar-refractivity contribution in [3.63, 3.8) is 0 Å². The van der Waals surface area contributed by atoms with E-state index in [2.05, 4.69) is 23.8 Å². The first-order valence-corrected chi connectivity index (χ1v) is 7.82. The van der Waals surface area contributed by atoms with Gasteiger partial charge in [-0.2, -0.15) is 0 Å². The van der Waals surface area contributed by atoms with E-state index in [1.54, 1.807) is 6.92 Å². The summed E-state index contributed by atoms with van der Waals surface area (Å²) >= 11 is 0. The maximum atomic E-state index is 11.2. The van der Waals surface area contributed by atoms with Crippen molar-refractivity contribution in [1.82, 2.24) is 20.4 Å². The summed E-state index contributed by atoms with van der Waals surface area (Å²) in [6.07, 6.45) is 3.29. The molecule has 0 radical (unpaired) electrons. The van der Waals surface area contributed by atoms with Gasteiger partial charge in [0.1, 0.15) is 0 Å². The van der Waals surface area contributed by atoms with Gasteiger partial charge in [0.25, 0.3) is 0 Å².